The lowest BCUT2D eigenvalue weighted by Gasteiger charge is -2.33. The largest absolute Gasteiger partial charge is 0.337 e. The number of carbonyl (C=O) groups is 1. The molecule has 0 atom stereocenters. The molecule has 0 aromatic carbocycles. The van der Waals surface area contributed by atoms with Crippen LogP contribution in [0.1, 0.15) is 15.6 Å². The van der Waals surface area contributed by atoms with E-state index in [1.807, 2.05) is 23.3 Å². The van der Waals surface area contributed by atoms with E-state index in [2.05, 4.69) is 27.4 Å². The maximum Gasteiger partial charge on any atom is 0.246 e. The zero-order valence-corrected chi connectivity index (χ0v) is 14.2. The summed E-state index contributed by atoms with van der Waals surface area (Å²) in [5.74, 6) is 0.0847. The molecular weight excluding hydrogens is 314 g/mol. The summed E-state index contributed by atoms with van der Waals surface area (Å²) in [5, 5.41) is 5.10. The van der Waals surface area contributed by atoms with Gasteiger partial charge in [-0.15, -0.1) is 22.7 Å². The van der Waals surface area contributed by atoms with E-state index in [9.17, 15) is 4.79 Å². The topological polar surface area (TPSA) is 36.4 Å². The molecule has 0 radical (unpaired) electrons. The second-order valence-electron chi connectivity index (χ2n) is 5.31. The highest BCUT2D eigenvalue weighted by Crippen LogP contribution is 2.14. The average Bonchev–Trinajstić information content (AvgIpc) is 3.17. The smallest absolute Gasteiger partial charge is 0.246 e. The molecule has 0 saturated carbocycles. The lowest BCUT2D eigenvalue weighted by molar-refractivity contribution is -0.127. The lowest BCUT2D eigenvalue weighted by atomic mass is 10.3. The third-order valence-electron chi connectivity index (χ3n) is 3.68. The van der Waals surface area contributed by atoms with Crippen LogP contribution in [-0.4, -0.2) is 46.9 Å². The SMILES string of the molecule is Cc1nc(C=CC(=O)N2CCN(Cc3cccs3)CC2)cs1. The van der Waals surface area contributed by atoms with Crippen molar-refractivity contribution in [1.29, 1.82) is 0 Å². The number of aromatic nitrogens is 1. The van der Waals surface area contributed by atoms with Crippen LogP contribution in [0, 0.1) is 6.92 Å². The summed E-state index contributed by atoms with van der Waals surface area (Å²) in [6.45, 7) is 6.43. The minimum atomic E-state index is 0.0847. The number of nitrogens with zero attached hydrogens (tertiary/aromatic N) is 3. The summed E-state index contributed by atoms with van der Waals surface area (Å²) >= 11 is 3.39. The van der Waals surface area contributed by atoms with Gasteiger partial charge in [-0.3, -0.25) is 9.69 Å². The predicted molar refractivity (Wildman–Crippen MR) is 92.1 cm³/mol. The molecule has 1 aliphatic heterocycles. The van der Waals surface area contributed by atoms with Gasteiger partial charge in [0, 0.05) is 49.1 Å². The number of thiazole rings is 1. The molecule has 3 heterocycles. The number of amides is 1. The van der Waals surface area contributed by atoms with E-state index in [1.54, 1.807) is 28.7 Å². The predicted octanol–water partition coefficient (Wildman–Crippen LogP) is 2.87. The Bertz CT molecular complexity index is 640. The van der Waals surface area contributed by atoms with Gasteiger partial charge in [0.2, 0.25) is 5.91 Å². The third-order valence-corrected chi connectivity index (χ3v) is 5.33. The molecule has 2 aromatic rings. The highest BCUT2D eigenvalue weighted by Gasteiger charge is 2.19. The van der Waals surface area contributed by atoms with Crippen LogP contribution < -0.4 is 0 Å². The molecule has 116 valence electrons. The second kappa shape index (κ2) is 7.17. The van der Waals surface area contributed by atoms with Gasteiger partial charge in [-0.05, 0) is 24.4 Å². The molecule has 1 amide bonds. The van der Waals surface area contributed by atoms with Crippen LogP contribution in [0.25, 0.3) is 6.08 Å². The number of aryl methyl sites for hydroxylation is 1. The Kier molecular flexibility index (Phi) is 5.02. The van der Waals surface area contributed by atoms with Crippen LogP contribution in [0.15, 0.2) is 29.0 Å². The normalized spacial score (nSPS) is 16.5. The maximum absolute atomic E-state index is 12.2. The molecule has 0 bridgehead atoms. The van der Waals surface area contributed by atoms with Crippen LogP contribution in [0.5, 0.6) is 0 Å². The number of hydrogen-bond donors (Lipinski definition) is 0. The van der Waals surface area contributed by atoms with E-state index in [-0.39, 0.29) is 5.91 Å². The molecular formula is C16H19N3OS2. The quantitative estimate of drug-likeness (QED) is 0.807. The summed E-state index contributed by atoms with van der Waals surface area (Å²) < 4.78 is 0. The van der Waals surface area contributed by atoms with Crippen LogP contribution in [0.3, 0.4) is 0 Å². The van der Waals surface area contributed by atoms with E-state index in [0.717, 1.165) is 43.4 Å². The fourth-order valence-electron chi connectivity index (χ4n) is 2.47. The Morgan fingerprint density at radius 2 is 2.14 bits per heavy atom. The van der Waals surface area contributed by atoms with E-state index >= 15 is 0 Å². The van der Waals surface area contributed by atoms with Crippen molar-refractivity contribution in [2.45, 2.75) is 13.5 Å². The van der Waals surface area contributed by atoms with Gasteiger partial charge in [-0.2, -0.15) is 0 Å². The van der Waals surface area contributed by atoms with E-state index in [1.165, 1.54) is 4.88 Å². The number of thiophene rings is 1. The van der Waals surface area contributed by atoms with Gasteiger partial charge in [-0.25, -0.2) is 4.98 Å². The summed E-state index contributed by atoms with van der Waals surface area (Å²) in [7, 11) is 0. The van der Waals surface area contributed by atoms with Crippen molar-refractivity contribution in [3.63, 3.8) is 0 Å². The van der Waals surface area contributed by atoms with E-state index in [4.69, 9.17) is 0 Å². The molecule has 0 spiro atoms. The summed E-state index contributed by atoms with van der Waals surface area (Å²) in [6.07, 6.45) is 3.45. The maximum atomic E-state index is 12.2. The Hall–Kier alpha value is -1.50. The molecule has 4 nitrogen and oxygen atoms in total. The van der Waals surface area contributed by atoms with E-state index < -0.39 is 0 Å². The highest BCUT2D eigenvalue weighted by atomic mass is 32.1. The molecule has 3 rings (SSSR count). The van der Waals surface area contributed by atoms with Gasteiger partial charge >= 0.3 is 0 Å². The highest BCUT2D eigenvalue weighted by molar-refractivity contribution is 7.10. The fraction of sp³-hybridized carbons (Fsp3) is 0.375. The first-order chi connectivity index (χ1) is 10.7. The Morgan fingerprint density at radius 1 is 1.32 bits per heavy atom. The number of carbonyl (C=O) groups excluding carboxylic acids is 1. The summed E-state index contributed by atoms with van der Waals surface area (Å²) in [4.78, 5) is 22.2. The monoisotopic (exact) mass is 333 g/mol. The average molecular weight is 333 g/mol. The Morgan fingerprint density at radius 3 is 2.77 bits per heavy atom. The van der Waals surface area contributed by atoms with Crippen molar-refractivity contribution < 1.29 is 4.79 Å². The van der Waals surface area contributed by atoms with Crippen LogP contribution in [0.2, 0.25) is 0 Å². The number of rotatable bonds is 4. The van der Waals surface area contributed by atoms with Crippen LogP contribution in [0.4, 0.5) is 0 Å². The Labute approximate surface area is 138 Å². The van der Waals surface area contributed by atoms with Crippen molar-refractivity contribution in [3.8, 4) is 0 Å². The summed E-state index contributed by atoms with van der Waals surface area (Å²) in [5.41, 5.74) is 0.868. The first-order valence-electron chi connectivity index (χ1n) is 7.34. The first kappa shape index (κ1) is 15.4. The molecule has 6 heteroatoms. The lowest BCUT2D eigenvalue weighted by Crippen LogP contribution is -2.47. The number of hydrogen-bond acceptors (Lipinski definition) is 5. The van der Waals surface area contributed by atoms with Gasteiger partial charge in [0.05, 0.1) is 10.7 Å². The number of piperazine rings is 1. The molecule has 0 N–H and O–H groups in total. The van der Waals surface area contributed by atoms with Gasteiger partial charge in [-0.1, -0.05) is 6.07 Å². The molecule has 2 aromatic heterocycles. The van der Waals surface area contributed by atoms with Gasteiger partial charge in [0.15, 0.2) is 0 Å². The van der Waals surface area contributed by atoms with Crippen molar-refractivity contribution in [2.75, 3.05) is 26.2 Å². The van der Waals surface area contributed by atoms with Crippen LogP contribution >= 0.6 is 22.7 Å². The second-order valence-corrected chi connectivity index (χ2v) is 7.40. The minimum Gasteiger partial charge on any atom is -0.337 e. The van der Waals surface area contributed by atoms with Crippen molar-refractivity contribution in [3.05, 3.63) is 44.5 Å². The standard InChI is InChI=1S/C16H19N3OS2/c1-13-17-14(12-22-13)4-5-16(20)19-8-6-18(7-9-19)11-15-3-2-10-21-15/h2-5,10,12H,6-9,11H2,1H3. The molecule has 0 aliphatic carbocycles. The fourth-order valence-corrected chi connectivity index (χ4v) is 3.79. The van der Waals surface area contributed by atoms with E-state index in [0.29, 0.717) is 0 Å². The molecule has 1 saturated heterocycles. The van der Waals surface area contributed by atoms with Crippen molar-refractivity contribution in [1.82, 2.24) is 14.8 Å². The third kappa shape index (κ3) is 4.03. The van der Waals surface area contributed by atoms with Crippen molar-refractivity contribution in [2.24, 2.45) is 0 Å². The molecule has 1 fully saturated rings. The first-order valence-corrected chi connectivity index (χ1v) is 9.10. The van der Waals surface area contributed by atoms with Crippen molar-refractivity contribution >= 4 is 34.7 Å². The molecule has 1 aliphatic rings. The zero-order chi connectivity index (χ0) is 15.4. The van der Waals surface area contributed by atoms with Gasteiger partial charge in [0.25, 0.3) is 0 Å². The molecule has 22 heavy (non-hydrogen) atoms. The van der Waals surface area contributed by atoms with Crippen LogP contribution in [-0.2, 0) is 11.3 Å². The van der Waals surface area contributed by atoms with Gasteiger partial charge < -0.3 is 4.90 Å². The zero-order valence-electron chi connectivity index (χ0n) is 12.6. The minimum absolute atomic E-state index is 0.0847. The molecule has 0 unspecified atom stereocenters. The summed E-state index contributed by atoms with van der Waals surface area (Å²) in [6, 6.07) is 4.26. The Balaban J connectivity index is 1.48. The van der Waals surface area contributed by atoms with Gasteiger partial charge in [0.1, 0.15) is 0 Å².